The van der Waals surface area contributed by atoms with Gasteiger partial charge in [0.1, 0.15) is 17.0 Å². The second kappa shape index (κ2) is 14.8. The fraction of sp³-hybridized carbons (Fsp3) is 0.375. The predicted molar refractivity (Wildman–Crippen MR) is 200 cm³/mol. The molecule has 0 saturated heterocycles. The van der Waals surface area contributed by atoms with Gasteiger partial charge >= 0.3 is 12.1 Å². The maximum atomic E-state index is 14.3. The lowest BCUT2D eigenvalue weighted by molar-refractivity contribution is 0.0521. The Morgan fingerprint density at radius 3 is 2.44 bits per heavy atom. The first kappa shape index (κ1) is 36.6. The lowest BCUT2D eigenvalue weighted by Gasteiger charge is -2.25. The van der Waals surface area contributed by atoms with Gasteiger partial charge in [-0.15, -0.1) is 11.3 Å². The number of ether oxygens (including phenoxy) is 3. The average molecular weight is 725 g/mol. The molecule has 52 heavy (non-hydrogen) atoms. The van der Waals surface area contributed by atoms with Gasteiger partial charge in [0, 0.05) is 51.3 Å². The Bertz CT molecular complexity index is 2040. The van der Waals surface area contributed by atoms with Gasteiger partial charge in [0.15, 0.2) is 5.69 Å². The van der Waals surface area contributed by atoms with E-state index in [1.165, 1.54) is 7.11 Å². The van der Waals surface area contributed by atoms with E-state index >= 15 is 0 Å². The molecule has 3 heterocycles. The summed E-state index contributed by atoms with van der Waals surface area (Å²) in [6.45, 7) is 9.97. The van der Waals surface area contributed by atoms with Crippen molar-refractivity contribution in [2.45, 2.75) is 84.4 Å². The Morgan fingerprint density at radius 2 is 1.73 bits per heavy atom. The van der Waals surface area contributed by atoms with Crippen molar-refractivity contribution in [2.75, 3.05) is 19.0 Å². The number of nitrogens with one attached hydrogen (secondary N) is 3. The van der Waals surface area contributed by atoms with Gasteiger partial charge in [-0.2, -0.15) is 0 Å². The first-order valence-corrected chi connectivity index (χ1v) is 18.3. The number of hydrogen-bond donors (Lipinski definition) is 3. The highest BCUT2D eigenvalue weighted by molar-refractivity contribution is 7.13. The van der Waals surface area contributed by atoms with Gasteiger partial charge in [-0.3, -0.25) is 9.59 Å². The summed E-state index contributed by atoms with van der Waals surface area (Å²) in [6.07, 6.45) is 3.98. The van der Waals surface area contributed by atoms with Crippen LogP contribution >= 0.6 is 11.3 Å². The number of nitrogens with zero attached hydrogens (tertiary/aromatic N) is 1. The van der Waals surface area contributed by atoms with E-state index in [0.29, 0.717) is 35.6 Å². The van der Waals surface area contributed by atoms with Gasteiger partial charge < -0.3 is 30.2 Å². The fourth-order valence-electron chi connectivity index (χ4n) is 6.65. The van der Waals surface area contributed by atoms with Crippen LogP contribution in [0.15, 0.2) is 53.9 Å². The number of hydrogen-bond acceptors (Lipinski definition) is 9. The van der Waals surface area contributed by atoms with E-state index in [9.17, 15) is 19.2 Å². The number of rotatable bonds is 8. The first-order valence-electron chi connectivity index (χ1n) is 17.4. The van der Waals surface area contributed by atoms with E-state index < -0.39 is 23.6 Å². The maximum absolute atomic E-state index is 14.3. The SMILES string of the molecule is COC(=O)c1nc(C(=O)NC2(C)CCCC2)ccc1-c1cc2c(cc1C(=O)Nc1ccc(CNC(=O)OC(C)(C)C)cc1C)-c1sccc1CCO2. The van der Waals surface area contributed by atoms with Crippen LogP contribution in [0.5, 0.6) is 5.75 Å². The second-order valence-corrected chi connectivity index (χ2v) is 15.4. The zero-order valence-corrected chi connectivity index (χ0v) is 31.2. The molecule has 0 spiro atoms. The number of methoxy groups -OCH3 is 1. The summed E-state index contributed by atoms with van der Waals surface area (Å²) < 4.78 is 16.7. The summed E-state index contributed by atoms with van der Waals surface area (Å²) in [5.41, 5.74) is 4.10. The zero-order chi connectivity index (χ0) is 37.2. The first-order chi connectivity index (χ1) is 24.7. The molecule has 12 heteroatoms. The highest BCUT2D eigenvalue weighted by Gasteiger charge is 2.32. The van der Waals surface area contributed by atoms with E-state index in [0.717, 1.165) is 52.8 Å². The molecule has 0 unspecified atom stereocenters. The molecule has 3 amide bonds. The standard InChI is InChI=1S/C40H44N4O7S/c1-23-19-24(22-41-38(48)51-39(2,3)4)9-11-30(23)43-35(45)28-20-29-32(50-17-13-25-14-18-52-34(25)29)21-27(28)26-10-12-31(42-33(26)37(47)49-6)36(46)44-40(5)15-7-8-16-40/h9-12,14,18-21H,7-8,13,15-17,22H2,1-6H3,(H,41,48)(H,43,45)(H,44,46). The monoisotopic (exact) mass is 724 g/mol. The van der Waals surface area contributed by atoms with E-state index in [2.05, 4.69) is 27.0 Å². The van der Waals surface area contributed by atoms with Crippen LogP contribution in [0.3, 0.4) is 0 Å². The molecule has 6 rings (SSSR count). The lowest BCUT2D eigenvalue weighted by Crippen LogP contribution is -2.44. The van der Waals surface area contributed by atoms with Crippen molar-refractivity contribution in [1.82, 2.24) is 15.6 Å². The number of carbonyl (C=O) groups is 4. The number of benzene rings is 2. The van der Waals surface area contributed by atoms with Crippen molar-refractivity contribution in [3.05, 3.63) is 87.6 Å². The minimum Gasteiger partial charge on any atom is -0.493 e. The van der Waals surface area contributed by atoms with Crippen LogP contribution in [-0.4, -0.2) is 53.7 Å². The third-order valence-electron chi connectivity index (χ3n) is 9.28. The van der Waals surface area contributed by atoms with Crippen molar-refractivity contribution in [2.24, 2.45) is 0 Å². The molecule has 2 aromatic heterocycles. The molecular formula is C40H44N4O7S. The smallest absolute Gasteiger partial charge is 0.407 e. The van der Waals surface area contributed by atoms with Crippen LogP contribution in [0.2, 0.25) is 0 Å². The fourth-order valence-corrected chi connectivity index (χ4v) is 7.63. The van der Waals surface area contributed by atoms with Gasteiger partial charge in [-0.1, -0.05) is 25.0 Å². The summed E-state index contributed by atoms with van der Waals surface area (Å²) in [4.78, 5) is 58.7. The molecule has 11 nitrogen and oxygen atoms in total. The largest absolute Gasteiger partial charge is 0.493 e. The van der Waals surface area contributed by atoms with Crippen LogP contribution in [0.4, 0.5) is 10.5 Å². The average Bonchev–Trinajstić information content (AvgIpc) is 3.71. The quantitative estimate of drug-likeness (QED) is 0.156. The van der Waals surface area contributed by atoms with Crippen LogP contribution in [0.25, 0.3) is 21.6 Å². The van der Waals surface area contributed by atoms with Gasteiger partial charge in [0.25, 0.3) is 11.8 Å². The lowest BCUT2D eigenvalue weighted by atomic mass is 9.93. The molecule has 1 saturated carbocycles. The summed E-state index contributed by atoms with van der Waals surface area (Å²) in [5.74, 6) is -0.979. The maximum Gasteiger partial charge on any atom is 0.407 e. The van der Waals surface area contributed by atoms with Crippen molar-refractivity contribution in [3.8, 4) is 27.3 Å². The molecule has 0 atom stereocenters. The number of anilines is 1. The van der Waals surface area contributed by atoms with Gasteiger partial charge in [0.2, 0.25) is 0 Å². The number of esters is 1. The highest BCUT2D eigenvalue weighted by Crippen LogP contribution is 2.43. The highest BCUT2D eigenvalue weighted by atomic mass is 32.1. The van der Waals surface area contributed by atoms with Crippen molar-refractivity contribution in [1.29, 1.82) is 0 Å². The summed E-state index contributed by atoms with van der Waals surface area (Å²) in [5, 5.41) is 10.9. The number of aromatic nitrogens is 1. The molecular weight excluding hydrogens is 681 g/mol. The van der Waals surface area contributed by atoms with Crippen LogP contribution in [0, 0.1) is 6.92 Å². The van der Waals surface area contributed by atoms with E-state index in [1.54, 1.807) is 62.4 Å². The topological polar surface area (TPSA) is 145 Å². The number of aryl methyl sites for hydroxylation is 1. The van der Waals surface area contributed by atoms with Crippen molar-refractivity contribution >= 4 is 40.9 Å². The normalized spacial score (nSPS) is 14.6. The molecule has 4 aromatic rings. The molecule has 1 aliphatic heterocycles. The van der Waals surface area contributed by atoms with Gasteiger partial charge in [0.05, 0.1) is 13.7 Å². The van der Waals surface area contributed by atoms with Crippen molar-refractivity contribution < 1.29 is 33.4 Å². The molecule has 1 fully saturated rings. The van der Waals surface area contributed by atoms with Crippen LogP contribution < -0.4 is 20.7 Å². The Balaban J connectivity index is 1.37. The van der Waals surface area contributed by atoms with E-state index in [1.807, 2.05) is 31.4 Å². The van der Waals surface area contributed by atoms with Crippen LogP contribution in [-0.2, 0) is 22.4 Å². The molecule has 0 bridgehead atoms. The van der Waals surface area contributed by atoms with Crippen LogP contribution in [0.1, 0.15) is 101 Å². The Kier molecular flexibility index (Phi) is 10.4. The molecule has 3 N–H and O–H groups in total. The molecule has 272 valence electrons. The number of amides is 3. The Labute approximate surface area is 307 Å². The number of alkyl carbamates (subject to hydrolysis) is 1. The van der Waals surface area contributed by atoms with Gasteiger partial charge in [-0.05, 0) is 106 Å². The number of thiophene rings is 1. The number of pyridine rings is 1. The Hall–Kier alpha value is -5.23. The molecule has 2 aliphatic rings. The second-order valence-electron chi connectivity index (χ2n) is 14.5. The minimum atomic E-state index is -0.745. The number of carbonyl (C=O) groups excluding carboxylic acids is 4. The number of fused-ring (bicyclic) bond motifs is 3. The summed E-state index contributed by atoms with van der Waals surface area (Å²) in [7, 11) is 1.25. The van der Waals surface area contributed by atoms with E-state index in [-0.39, 0.29) is 34.9 Å². The third kappa shape index (κ3) is 8.12. The molecule has 1 aliphatic carbocycles. The summed E-state index contributed by atoms with van der Waals surface area (Å²) in [6, 6.07) is 14.3. The third-order valence-corrected chi connectivity index (χ3v) is 10.3. The molecule has 2 aromatic carbocycles. The zero-order valence-electron chi connectivity index (χ0n) is 30.4. The van der Waals surface area contributed by atoms with E-state index in [4.69, 9.17) is 14.2 Å². The van der Waals surface area contributed by atoms with Gasteiger partial charge in [-0.25, -0.2) is 14.6 Å². The minimum absolute atomic E-state index is 0.0781. The summed E-state index contributed by atoms with van der Waals surface area (Å²) >= 11 is 1.57. The Morgan fingerprint density at radius 1 is 0.962 bits per heavy atom. The molecule has 0 radical (unpaired) electrons. The van der Waals surface area contributed by atoms with Crippen molar-refractivity contribution in [3.63, 3.8) is 0 Å². The predicted octanol–water partition coefficient (Wildman–Crippen LogP) is 7.85.